The van der Waals surface area contributed by atoms with E-state index in [0.29, 0.717) is 0 Å². The van der Waals surface area contributed by atoms with E-state index < -0.39 is 0 Å². The van der Waals surface area contributed by atoms with Gasteiger partial charge in [0.2, 0.25) is 0 Å². The van der Waals surface area contributed by atoms with Gasteiger partial charge in [0.05, 0.1) is 11.0 Å². The predicted octanol–water partition coefficient (Wildman–Crippen LogP) is 5.81. The number of halogens is 1. The molecule has 102 valence electrons. The summed E-state index contributed by atoms with van der Waals surface area (Å²) in [4.78, 5) is 4.86. The minimum Gasteiger partial charge on any atom is -0.247 e. The Kier molecular flexibility index (Phi) is 2.66. The van der Waals surface area contributed by atoms with Crippen molar-refractivity contribution in [1.29, 1.82) is 0 Å². The zero-order chi connectivity index (χ0) is 14.6. The van der Waals surface area contributed by atoms with Gasteiger partial charge in [-0.2, -0.15) is 0 Å². The Morgan fingerprint density at radius 2 is 1.62 bits per heavy atom. The van der Waals surface area contributed by atoms with Crippen molar-refractivity contribution in [2.24, 2.45) is 0 Å². The van der Waals surface area contributed by atoms with Crippen molar-refractivity contribution < 1.29 is 0 Å². The molecule has 0 fully saturated rings. The first-order chi connectivity index (χ1) is 10.2. The number of hydrogen-bond acceptors (Lipinski definition) is 1. The van der Waals surface area contributed by atoms with Crippen LogP contribution < -0.4 is 0 Å². The first-order valence-electron chi connectivity index (χ1n) is 7.03. The fourth-order valence-corrected chi connectivity index (χ4v) is 3.28. The Bertz CT molecular complexity index is 1020. The van der Waals surface area contributed by atoms with Crippen LogP contribution in [0.2, 0.25) is 5.02 Å². The number of aryl methyl sites for hydroxylation is 2. The number of fused-ring (bicyclic) bond motifs is 4. The highest BCUT2D eigenvalue weighted by molar-refractivity contribution is 6.32. The van der Waals surface area contributed by atoms with E-state index in [2.05, 4.69) is 49.4 Å². The minimum absolute atomic E-state index is 0.773. The van der Waals surface area contributed by atoms with Gasteiger partial charge in [0.1, 0.15) is 0 Å². The molecule has 0 radical (unpaired) electrons. The van der Waals surface area contributed by atoms with Gasteiger partial charge in [-0.05, 0) is 47.9 Å². The smallest absolute Gasteiger partial charge is 0.0756 e. The van der Waals surface area contributed by atoms with Crippen molar-refractivity contribution in [2.75, 3.05) is 0 Å². The highest BCUT2D eigenvalue weighted by atomic mass is 35.5. The van der Waals surface area contributed by atoms with Crippen LogP contribution in [0.3, 0.4) is 0 Å². The molecule has 0 bridgehead atoms. The summed E-state index contributed by atoms with van der Waals surface area (Å²) in [5.74, 6) is 0. The van der Waals surface area contributed by atoms with E-state index in [1.54, 1.807) is 0 Å². The van der Waals surface area contributed by atoms with Crippen LogP contribution in [0.25, 0.3) is 32.6 Å². The molecule has 0 saturated heterocycles. The number of pyridine rings is 1. The summed E-state index contributed by atoms with van der Waals surface area (Å²) in [6.07, 6.45) is 0. The first-order valence-corrected chi connectivity index (χ1v) is 7.41. The van der Waals surface area contributed by atoms with E-state index in [1.165, 1.54) is 27.1 Å². The first kappa shape index (κ1) is 12.6. The van der Waals surface area contributed by atoms with E-state index in [0.717, 1.165) is 21.6 Å². The van der Waals surface area contributed by atoms with E-state index in [-0.39, 0.29) is 0 Å². The van der Waals surface area contributed by atoms with Crippen LogP contribution in [0.15, 0.2) is 48.5 Å². The Balaban J connectivity index is 2.30. The van der Waals surface area contributed by atoms with E-state index in [9.17, 15) is 0 Å². The molecule has 0 aliphatic heterocycles. The lowest BCUT2D eigenvalue weighted by atomic mass is 9.97. The largest absolute Gasteiger partial charge is 0.247 e. The maximum Gasteiger partial charge on any atom is 0.0756 e. The number of hydrogen-bond donors (Lipinski definition) is 0. The molecule has 0 saturated carbocycles. The maximum atomic E-state index is 6.25. The molecule has 0 N–H and O–H groups in total. The number of nitrogens with zero attached hydrogens (tertiary/aromatic N) is 1. The minimum atomic E-state index is 0.773. The third-order valence-electron chi connectivity index (χ3n) is 4.28. The molecule has 3 aromatic carbocycles. The lowest BCUT2D eigenvalue weighted by Crippen LogP contribution is -1.92. The summed E-state index contributed by atoms with van der Waals surface area (Å²) in [6, 6.07) is 16.7. The highest BCUT2D eigenvalue weighted by Crippen LogP contribution is 2.34. The van der Waals surface area contributed by atoms with E-state index in [4.69, 9.17) is 16.6 Å². The van der Waals surface area contributed by atoms with Crippen molar-refractivity contribution in [3.63, 3.8) is 0 Å². The Morgan fingerprint density at radius 1 is 0.810 bits per heavy atom. The molecule has 0 atom stereocenters. The standard InChI is InChI=1S/C19H14ClN/c1-11-14-8-9-16(20)12(2)19(14)21-17-10-7-13-5-3-4-6-15(13)18(11)17/h3-10H,1-2H3. The quantitative estimate of drug-likeness (QED) is 0.294. The second kappa shape index (κ2) is 4.44. The zero-order valence-electron chi connectivity index (χ0n) is 11.9. The SMILES string of the molecule is Cc1c(Cl)ccc2c(C)c3c(ccc4ccccc43)nc12. The molecule has 21 heavy (non-hydrogen) atoms. The summed E-state index contributed by atoms with van der Waals surface area (Å²) in [5, 5.41) is 5.70. The highest BCUT2D eigenvalue weighted by Gasteiger charge is 2.11. The van der Waals surface area contributed by atoms with Crippen molar-refractivity contribution in [3.8, 4) is 0 Å². The van der Waals surface area contributed by atoms with Gasteiger partial charge in [0.25, 0.3) is 0 Å². The fraction of sp³-hybridized carbons (Fsp3) is 0.105. The summed E-state index contributed by atoms with van der Waals surface area (Å²) >= 11 is 6.25. The van der Waals surface area contributed by atoms with Crippen LogP contribution in [0.1, 0.15) is 11.1 Å². The van der Waals surface area contributed by atoms with Crippen molar-refractivity contribution in [2.45, 2.75) is 13.8 Å². The molecule has 0 unspecified atom stereocenters. The molecule has 0 spiro atoms. The maximum absolute atomic E-state index is 6.25. The van der Waals surface area contributed by atoms with E-state index in [1.807, 2.05) is 13.0 Å². The average Bonchev–Trinajstić information content (AvgIpc) is 2.51. The van der Waals surface area contributed by atoms with E-state index >= 15 is 0 Å². The monoisotopic (exact) mass is 291 g/mol. The molecule has 1 heterocycles. The molecule has 4 aromatic rings. The van der Waals surface area contributed by atoms with Gasteiger partial charge in [-0.3, -0.25) is 0 Å². The lowest BCUT2D eigenvalue weighted by molar-refractivity contribution is 1.40. The van der Waals surface area contributed by atoms with Crippen molar-refractivity contribution in [1.82, 2.24) is 4.98 Å². The Morgan fingerprint density at radius 3 is 2.48 bits per heavy atom. The Labute approximate surface area is 128 Å². The van der Waals surface area contributed by atoms with Gasteiger partial charge in [-0.1, -0.05) is 48.0 Å². The van der Waals surface area contributed by atoms with Crippen LogP contribution in [0.4, 0.5) is 0 Å². The molecule has 2 heteroatoms. The zero-order valence-corrected chi connectivity index (χ0v) is 12.7. The van der Waals surface area contributed by atoms with Gasteiger partial charge in [0.15, 0.2) is 0 Å². The molecular formula is C19H14ClN. The van der Waals surface area contributed by atoms with Gasteiger partial charge >= 0.3 is 0 Å². The Hall–Kier alpha value is -2.12. The number of benzene rings is 3. The third kappa shape index (κ3) is 1.74. The molecule has 0 aliphatic carbocycles. The van der Waals surface area contributed by atoms with Crippen LogP contribution in [-0.2, 0) is 0 Å². The molecule has 1 aromatic heterocycles. The summed E-state index contributed by atoms with van der Waals surface area (Å²) in [7, 11) is 0. The summed E-state index contributed by atoms with van der Waals surface area (Å²) in [5.41, 5.74) is 4.35. The van der Waals surface area contributed by atoms with Crippen molar-refractivity contribution >= 4 is 44.2 Å². The van der Waals surface area contributed by atoms with Crippen LogP contribution in [0, 0.1) is 13.8 Å². The summed E-state index contributed by atoms with van der Waals surface area (Å²) in [6.45, 7) is 4.20. The van der Waals surface area contributed by atoms with Gasteiger partial charge in [0, 0.05) is 15.8 Å². The molecule has 0 aliphatic rings. The molecular weight excluding hydrogens is 278 g/mol. The second-order valence-corrected chi connectivity index (χ2v) is 5.89. The van der Waals surface area contributed by atoms with Crippen LogP contribution >= 0.6 is 11.6 Å². The van der Waals surface area contributed by atoms with Gasteiger partial charge in [-0.15, -0.1) is 0 Å². The third-order valence-corrected chi connectivity index (χ3v) is 4.69. The topological polar surface area (TPSA) is 12.9 Å². The normalized spacial score (nSPS) is 11.6. The van der Waals surface area contributed by atoms with Crippen LogP contribution in [-0.4, -0.2) is 4.98 Å². The molecule has 1 nitrogen and oxygen atoms in total. The van der Waals surface area contributed by atoms with Gasteiger partial charge in [-0.25, -0.2) is 4.98 Å². The van der Waals surface area contributed by atoms with Crippen LogP contribution in [0.5, 0.6) is 0 Å². The van der Waals surface area contributed by atoms with Crippen molar-refractivity contribution in [3.05, 3.63) is 64.7 Å². The fourth-order valence-electron chi connectivity index (χ4n) is 3.12. The van der Waals surface area contributed by atoms with Gasteiger partial charge < -0.3 is 0 Å². The number of aromatic nitrogens is 1. The number of rotatable bonds is 0. The second-order valence-electron chi connectivity index (χ2n) is 5.49. The lowest BCUT2D eigenvalue weighted by Gasteiger charge is -2.12. The average molecular weight is 292 g/mol. The predicted molar refractivity (Wildman–Crippen MR) is 91.2 cm³/mol. The molecule has 4 rings (SSSR count). The molecule has 0 amide bonds. The summed E-state index contributed by atoms with van der Waals surface area (Å²) < 4.78 is 0.